The van der Waals surface area contributed by atoms with Crippen molar-refractivity contribution in [2.24, 2.45) is 5.73 Å². The third-order valence-electron chi connectivity index (χ3n) is 1.50. The van der Waals surface area contributed by atoms with Crippen molar-refractivity contribution in [1.29, 1.82) is 0 Å². The van der Waals surface area contributed by atoms with Crippen molar-refractivity contribution in [1.82, 2.24) is 0 Å². The van der Waals surface area contributed by atoms with Crippen LogP contribution in [0, 0.1) is 0 Å². The molecule has 0 saturated heterocycles. The molecule has 0 radical (unpaired) electrons. The van der Waals surface area contributed by atoms with E-state index in [1.807, 2.05) is 0 Å². The van der Waals surface area contributed by atoms with Gasteiger partial charge in [0.05, 0.1) is 0 Å². The van der Waals surface area contributed by atoms with Gasteiger partial charge in [-0.1, -0.05) is 0 Å². The van der Waals surface area contributed by atoms with E-state index >= 15 is 0 Å². The van der Waals surface area contributed by atoms with Crippen LogP contribution in [0.1, 0.15) is 10.4 Å². The Morgan fingerprint density at radius 3 is 2.57 bits per heavy atom. The van der Waals surface area contributed by atoms with E-state index in [2.05, 4.69) is 4.74 Å². The van der Waals surface area contributed by atoms with Crippen LogP contribution >= 0.6 is 0 Å². The molecule has 0 bridgehead atoms. The average molecular weight is 258 g/mol. The van der Waals surface area contributed by atoms with E-state index in [-0.39, 0.29) is 0 Å². The molecule has 2 N–H and O–H groups in total. The van der Waals surface area contributed by atoms with Crippen LogP contribution in [0.3, 0.4) is 0 Å². The molecule has 0 fully saturated rings. The first-order chi connectivity index (χ1) is 6.65. The average Bonchev–Trinajstić information content (AvgIpc) is 2.16. The van der Waals surface area contributed by atoms with Gasteiger partial charge in [-0.25, -0.2) is 0 Å². The molecule has 0 atom stereocenters. The summed E-state index contributed by atoms with van der Waals surface area (Å²) in [6, 6.07) is 6.79. The van der Waals surface area contributed by atoms with Gasteiger partial charge in [0, 0.05) is 0 Å². The molecule has 0 aliphatic rings. The topological polar surface area (TPSA) is 69.4 Å². The zero-order valence-electron chi connectivity index (χ0n) is 7.52. The van der Waals surface area contributed by atoms with Crippen LogP contribution in [0.5, 0.6) is 0 Å². The first kappa shape index (κ1) is 10.8. The molecule has 0 saturated carbocycles. The molecular weight excluding hydrogens is 249 g/mol. The maximum atomic E-state index is 11.3. The first-order valence-corrected chi connectivity index (χ1v) is 5.51. The predicted molar refractivity (Wildman–Crippen MR) is 52.8 cm³/mol. The number of nitrogens with two attached hydrogens (primary N) is 1. The summed E-state index contributed by atoms with van der Waals surface area (Å²) in [6.07, 6.45) is 0. The van der Waals surface area contributed by atoms with E-state index in [0.29, 0.717) is 10.0 Å². The molecule has 5 heteroatoms. The Hall–Kier alpha value is -1.32. The number of ether oxygens (including phenoxy) is 1. The van der Waals surface area contributed by atoms with E-state index in [9.17, 15) is 9.59 Å². The molecular formula is C9H9NO3Se. The summed E-state index contributed by atoms with van der Waals surface area (Å²) in [7, 11) is 1.30. The minimum absolute atomic E-state index is 0.408. The van der Waals surface area contributed by atoms with Crippen molar-refractivity contribution in [3.05, 3.63) is 29.8 Å². The Bertz CT molecular complexity index is 365. The molecule has 1 aromatic carbocycles. The maximum absolute atomic E-state index is 11.3. The SMILES string of the molecule is COC(=O)c1ccccc1[Se]C(N)=O. The summed E-state index contributed by atoms with van der Waals surface area (Å²) in [5.74, 6) is -0.441. The van der Waals surface area contributed by atoms with Gasteiger partial charge in [-0.05, 0) is 0 Å². The molecule has 0 spiro atoms. The van der Waals surface area contributed by atoms with Crippen molar-refractivity contribution >= 4 is 30.2 Å². The van der Waals surface area contributed by atoms with Gasteiger partial charge in [-0.2, -0.15) is 0 Å². The Morgan fingerprint density at radius 2 is 2.00 bits per heavy atom. The van der Waals surface area contributed by atoms with Crippen LogP contribution in [0.2, 0.25) is 0 Å². The van der Waals surface area contributed by atoms with Gasteiger partial charge in [0.15, 0.2) is 0 Å². The van der Waals surface area contributed by atoms with Gasteiger partial charge in [-0.15, -0.1) is 0 Å². The van der Waals surface area contributed by atoms with E-state index < -0.39 is 25.7 Å². The van der Waals surface area contributed by atoms with Crippen molar-refractivity contribution < 1.29 is 14.3 Å². The summed E-state index contributed by atoms with van der Waals surface area (Å²) >= 11 is -0.523. The Labute approximate surface area is 87.6 Å². The van der Waals surface area contributed by atoms with E-state index in [1.54, 1.807) is 24.3 Å². The summed E-state index contributed by atoms with van der Waals surface area (Å²) < 4.78 is 5.23. The van der Waals surface area contributed by atoms with Crippen LogP contribution in [-0.2, 0) is 4.74 Å². The number of rotatable bonds is 3. The second kappa shape index (κ2) is 4.79. The number of carbonyl (C=O) groups excluding carboxylic acids is 2. The van der Waals surface area contributed by atoms with Crippen molar-refractivity contribution in [2.45, 2.75) is 0 Å². The second-order valence-corrected chi connectivity index (χ2v) is 4.60. The van der Waals surface area contributed by atoms with Crippen LogP contribution in [0.15, 0.2) is 24.3 Å². The van der Waals surface area contributed by atoms with Crippen molar-refractivity contribution in [2.75, 3.05) is 7.11 Å². The summed E-state index contributed by atoms with van der Waals surface area (Å²) in [4.78, 5) is 21.6. The fourth-order valence-corrected chi connectivity index (χ4v) is 2.25. The Balaban J connectivity index is 3.02. The van der Waals surface area contributed by atoms with Crippen molar-refractivity contribution in [3.63, 3.8) is 0 Å². The van der Waals surface area contributed by atoms with Gasteiger partial charge < -0.3 is 0 Å². The van der Waals surface area contributed by atoms with Crippen molar-refractivity contribution in [3.8, 4) is 0 Å². The molecule has 4 nitrogen and oxygen atoms in total. The molecule has 14 heavy (non-hydrogen) atoms. The van der Waals surface area contributed by atoms with Gasteiger partial charge >= 0.3 is 87.2 Å². The molecule has 1 amide bonds. The number of hydrogen-bond donors (Lipinski definition) is 1. The Morgan fingerprint density at radius 1 is 1.36 bits per heavy atom. The van der Waals surface area contributed by atoms with Crippen LogP contribution in [-0.4, -0.2) is 32.8 Å². The molecule has 1 rings (SSSR count). The van der Waals surface area contributed by atoms with Gasteiger partial charge in [-0.3, -0.25) is 0 Å². The fourth-order valence-electron chi connectivity index (χ4n) is 0.943. The molecule has 0 heterocycles. The summed E-state index contributed by atoms with van der Waals surface area (Å²) in [5, 5.41) is 0. The van der Waals surface area contributed by atoms with Crippen LogP contribution in [0.25, 0.3) is 0 Å². The molecule has 0 aliphatic heterocycles. The van der Waals surface area contributed by atoms with Crippen LogP contribution in [0.4, 0.5) is 4.79 Å². The van der Waals surface area contributed by atoms with E-state index in [4.69, 9.17) is 5.73 Å². The number of hydrogen-bond acceptors (Lipinski definition) is 3. The van der Waals surface area contributed by atoms with Crippen LogP contribution < -0.4 is 10.2 Å². The van der Waals surface area contributed by atoms with E-state index in [1.165, 1.54) is 7.11 Å². The van der Waals surface area contributed by atoms with Gasteiger partial charge in [0.1, 0.15) is 0 Å². The second-order valence-electron chi connectivity index (χ2n) is 2.41. The fraction of sp³-hybridized carbons (Fsp3) is 0.111. The molecule has 0 aromatic heterocycles. The molecule has 1 aromatic rings. The monoisotopic (exact) mass is 259 g/mol. The molecule has 74 valence electrons. The number of carbonyl (C=O) groups is 2. The zero-order valence-corrected chi connectivity index (χ0v) is 9.23. The number of methoxy groups -OCH3 is 1. The summed E-state index contributed by atoms with van der Waals surface area (Å²) in [6.45, 7) is 0. The zero-order chi connectivity index (χ0) is 10.6. The number of esters is 1. The molecule has 0 unspecified atom stereocenters. The molecule has 0 aliphatic carbocycles. The third-order valence-corrected chi connectivity index (χ3v) is 3.13. The quantitative estimate of drug-likeness (QED) is 0.607. The van der Waals surface area contributed by atoms with Gasteiger partial charge in [0.25, 0.3) is 0 Å². The summed E-state index contributed by atoms with van der Waals surface area (Å²) in [5.41, 5.74) is 5.48. The number of amides is 1. The first-order valence-electron chi connectivity index (χ1n) is 3.79. The standard InChI is InChI=1S/C9H9NO3Se/c1-13-8(11)6-4-2-3-5-7(6)14-9(10)12/h2-5H,1H3,(H2,10,12). The predicted octanol–water partition coefficient (Wildman–Crippen LogP) is -0.119. The normalized spacial score (nSPS) is 9.50. The number of benzene rings is 1. The Kier molecular flexibility index (Phi) is 3.68. The van der Waals surface area contributed by atoms with Gasteiger partial charge in [0.2, 0.25) is 0 Å². The third kappa shape index (κ3) is 2.58. The minimum atomic E-state index is -0.523. The number of primary amides is 1. The van der Waals surface area contributed by atoms with E-state index in [0.717, 1.165) is 0 Å².